The number of aromatic nitrogens is 3. The Morgan fingerprint density at radius 3 is 2.73 bits per heavy atom. The summed E-state index contributed by atoms with van der Waals surface area (Å²) in [4.78, 5) is 24.6. The number of aryl methyl sites for hydroxylation is 3. The Labute approximate surface area is 180 Å². The summed E-state index contributed by atoms with van der Waals surface area (Å²) >= 11 is 1.40. The molecule has 0 radical (unpaired) electrons. The van der Waals surface area contributed by atoms with Gasteiger partial charge in [0.2, 0.25) is 5.91 Å². The van der Waals surface area contributed by atoms with E-state index < -0.39 is 0 Å². The maximum absolute atomic E-state index is 12.5. The third-order valence-electron chi connectivity index (χ3n) is 5.53. The second-order valence-corrected chi connectivity index (χ2v) is 8.72. The number of Topliss-reactive ketones (excluding diaryl/α,β-unsaturated/α-hetero) is 1. The lowest BCUT2D eigenvalue weighted by Gasteiger charge is -2.16. The second-order valence-electron chi connectivity index (χ2n) is 7.81. The van der Waals surface area contributed by atoms with Crippen LogP contribution in [0.4, 0.5) is 0 Å². The van der Waals surface area contributed by atoms with Gasteiger partial charge in [-0.1, -0.05) is 30.3 Å². The molecule has 1 unspecified atom stereocenters. The Bertz CT molecular complexity index is 1030. The summed E-state index contributed by atoms with van der Waals surface area (Å²) in [5.41, 5.74) is 2.20. The number of fused-ring (bicyclic) bond motifs is 1. The first-order valence-corrected chi connectivity index (χ1v) is 11.3. The minimum Gasteiger partial charge on any atom is -0.353 e. The van der Waals surface area contributed by atoms with Gasteiger partial charge in [-0.3, -0.25) is 9.59 Å². The van der Waals surface area contributed by atoms with Crippen molar-refractivity contribution >= 4 is 23.0 Å². The number of amides is 1. The number of hydrogen-bond acceptors (Lipinski definition) is 5. The van der Waals surface area contributed by atoms with Gasteiger partial charge in [0.1, 0.15) is 11.6 Å². The van der Waals surface area contributed by atoms with Crippen molar-refractivity contribution in [2.45, 2.75) is 58.0 Å². The first-order chi connectivity index (χ1) is 14.6. The number of nitrogens with one attached hydrogen (secondary N) is 1. The zero-order chi connectivity index (χ0) is 20.9. The molecule has 3 aromatic rings. The van der Waals surface area contributed by atoms with Gasteiger partial charge >= 0.3 is 0 Å². The van der Waals surface area contributed by atoms with Gasteiger partial charge in [0.05, 0.1) is 11.3 Å². The molecule has 6 nitrogen and oxygen atoms in total. The molecular weight excluding hydrogens is 396 g/mol. The summed E-state index contributed by atoms with van der Waals surface area (Å²) in [6.07, 6.45) is 4.68. The van der Waals surface area contributed by atoms with E-state index in [1.807, 2.05) is 17.5 Å². The van der Waals surface area contributed by atoms with Crippen LogP contribution < -0.4 is 5.32 Å². The highest BCUT2D eigenvalue weighted by Gasteiger charge is 2.21. The fraction of sp³-hybridized carbons (Fsp3) is 0.391. The Balaban J connectivity index is 1.31. The van der Waals surface area contributed by atoms with E-state index in [-0.39, 0.29) is 17.7 Å². The zero-order valence-electron chi connectivity index (χ0n) is 17.1. The number of ketones is 1. The molecule has 30 heavy (non-hydrogen) atoms. The van der Waals surface area contributed by atoms with Crippen molar-refractivity contribution in [3.05, 3.63) is 69.4 Å². The molecule has 0 fully saturated rings. The molecule has 1 aromatic carbocycles. The maximum atomic E-state index is 12.5. The number of benzene rings is 1. The highest BCUT2D eigenvalue weighted by Crippen LogP contribution is 2.18. The van der Waals surface area contributed by atoms with E-state index in [1.54, 1.807) is 6.92 Å². The zero-order valence-corrected chi connectivity index (χ0v) is 18.0. The molecular formula is C23H26N4O2S. The normalized spacial score (nSPS) is 16.0. The Morgan fingerprint density at radius 1 is 1.13 bits per heavy atom. The second kappa shape index (κ2) is 9.34. The van der Waals surface area contributed by atoms with Gasteiger partial charge in [-0.2, -0.15) is 0 Å². The monoisotopic (exact) mass is 422 g/mol. The third kappa shape index (κ3) is 5.02. The summed E-state index contributed by atoms with van der Waals surface area (Å²) in [5, 5.41) is 13.9. The number of hydrogen-bond donors (Lipinski definition) is 1. The van der Waals surface area contributed by atoms with Crippen LogP contribution >= 0.6 is 11.3 Å². The molecule has 2 aromatic heterocycles. The molecule has 1 aliphatic heterocycles. The van der Waals surface area contributed by atoms with Gasteiger partial charge < -0.3 is 9.88 Å². The van der Waals surface area contributed by atoms with Gasteiger partial charge in [-0.05, 0) is 48.8 Å². The van der Waals surface area contributed by atoms with Crippen molar-refractivity contribution in [3.63, 3.8) is 0 Å². The van der Waals surface area contributed by atoms with Crippen molar-refractivity contribution in [1.82, 2.24) is 20.1 Å². The average Bonchev–Trinajstić information content (AvgIpc) is 3.31. The molecule has 1 N–H and O–H groups in total. The lowest BCUT2D eigenvalue weighted by atomic mass is 10.1. The molecule has 7 heteroatoms. The van der Waals surface area contributed by atoms with Crippen LogP contribution in [0.1, 0.15) is 52.2 Å². The number of nitrogens with zero attached hydrogens (tertiary/aromatic N) is 3. The molecule has 0 saturated carbocycles. The Hall–Kier alpha value is -2.80. The lowest BCUT2D eigenvalue weighted by molar-refractivity contribution is -0.121. The molecule has 156 valence electrons. The van der Waals surface area contributed by atoms with Crippen molar-refractivity contribution in [1.29, 1.82) is 0 Å². The van der Waals surface area contributed by atoms with Crippen LogP contribution in [0, 0.1) is 0 Å². The van der Waals surface area contributed by atoms with Crippen LogP contribution in [0.2, 0.25) is 0 Å². The Kier molecular flexibility index (Phi) is 6.38. The van der Waals surface area contributed by atoms with Crippen molar-refractivity contribution in [2.24, 2.45) is 0 Å². The van der Waals surface area contributed by atoms with Gasteiger partial charge in [-0.25, -0.2) is 0 Å². The smallest absolute Gasteiger partial charge is 0.224 e. The van der Waals surface area contributed by atoms with E-state index in [1.165, 1.54) is 16.9 Å². The topological polar surface area (TPSA) is 76.9 Å². The van der Waals surface area contributed by atoms with Crippen LogP contribution in [0.3, 0.4) is 0 Å². The van der Waals surface area contributed by atoms with Crippen LogP contribution in [0.5, 0.6) is 0 Å². The number of thiophene rings is 1. The number of carbonyl (C=O) groups excluding carboxylic acids is 2. The van der Waals surface area contributed by atoms with Crippen molar-refractivity contribution in [3.8, 4) is 0 Å². The third-order valence-corrected chi connectivity index (χ3v) is 6.61. The van der Waals surface area contributed by atoms with Crippen LogP contribution in [-0.4, -0.2) is 32.5 Å². The molecule has 1 amide bonds. The van der Waals surface area contributed by atoms with E-state index in [9.17, 15) is 9.59 Å². The molecule has 0 bridgehead atoms. The summed E-state index contributed by atoms with van der Waals surface area (Å²) < 4.78 is 2.23. The number of rotatable bonds is 7. The van der Waals surface area contributed by atoms with Gasteiger partial charge in [0.15, 0.2) is 5.78 Å². The molecule has 3 heterocycles. The molecule has 0 spiro atoms. The van der Waals surface area contributed by atoms with Crippen LogP contribution in [0.15, 0.2) is 41.8 Å². The van der Waals surface area contributed by atoms with E-state index >= 15 is 0 Å². The Morgan fingerprint density at radius 2 is 1.97 bits per heavy atom. The van der Waals surface area contributed by atoms with E-state index in [0.29, 0.717) is 11.3 Å². The summed E-state index contributed by atoms with van der Waals surface area (Å²) in [7, 11) is 0. The summed E-state index contributed by atoms with van der Waals surface area (Å²) in [5.74, 6) is 2.09. The predicted octanol–water partition coefficient (Wildman–Crippen LogP) is 3.39. The van der Waals surface area contributed by atoms with E-state index in [0.717, 1.165) is 55.9 Å². The quantitative estimate of drug-likeness (QED) is 0.592. The maximum Gasteiger partial charge on any atom is 0.224 e. The van der Waals surface area contributed by atoms with Gasteiger partial charge in [-0.15, -0.1) is 21.5 Å². The molecule has 1 atom stereocenters. The lowest BCUT2D eigenvalue weighted by Crippen LogP contribution is -2.36. The van der Waals surface area contributed by atoms with Gasteiger partial charge in [0, 0.05) is 25.4 Å². The predicted molar refractivity (Wildman–Crippen MR) is 117 cm³/mol. The minimum atomic E-state index is 0.00914. The summed E-state index contributed by atoms with van der Waals surface area (Å²) in [6, 6.07) is 12.4. The van der Waals surface area contributed by atoms with Crippen molar-refractivity contribution < 1.29 is 9.59 Å². The van der Waals surface area contributed by atoms with E-state index in [2.05, 4.69) is 44.3 Å². The highest BCUT2D eigenvalue weighted by molar-refractivity contribution is 7.12. The molecule has 1 aliphatic rings. The molecule has 0 saturated heterocycles. The fourth-order valence-electron chi connectivity index (χ4n) is 3.90. The standard InChI is InChI=1S/C23H26N4O2S/c1-16(28)20-13-18(15-30-20)14-23(29)24-19-8-10-22-26-25-21(27(22)12-11-19)9-7-17-5-3-2-4-6-17/h2-6,13,15,19H,7-12,14H2,1H3,(H,24,29). The molecule has 4 rings (SSSR count). The first kappa shape index (κ1) is 20.5. The summed E-state index contributed by atoms with van der Waals surface area (Å²) in [6.45, 7) is 2.37. The van der Waals surface area contributed by atoms with Crippen LogP contribution in [-0.2, 0) is 37.0 Å². The highest BCUT2D eigenvalue weighted by atomic mass is 32.1. The van der Waals surface area contributed by atoms with Crippen LogP contribution in [0.25, 0.3) is 0 Å². The minimum absolute atomic E-state index is 0.00914. The average molecular weight is 423 g/mol. The first-order valence-electron chi connectivity index (χ1n) is 10.4. The fourth-order valence-corrected chi connectivity index (χ4v) is 4.71. The SMILES string of the molecule is CC(=O)c1cc(CC(=O)NC2CCc3nnc(CCc4ccccc4)n3CC2)cs1. The van der Waals surface area contributed by atoms with E-state index in [4.69, 9.17) is 0 Å². The largest absolute Gasteiger partial charge is 0.353 e. The van der Waals surface area contributed by atoms with Crippen molar-refractivity contribution in [2.75, 3.05) is 0 Å². The number of carbonyl (C=O) groups is 2. The van der Waals surface area contributed by atoms with Gasteiger partial charge in [0.25, 0.3) is 0 Å². The molecule has 0 aliphatic carbocycles.